The third-order valence-electron chi connectivity index (χ3n) is 3.18. The highest BCUT2D eigenvalue weighted by Crippen LogP contribution is 2.20. The van der Waals surface area contributed by atoms with E-state index in [4.69, 9.17) is 4.74 Å². The molecule has 0 unspecified atom stereocenters. The zero-order valence-electron chi connectivity index (χ0n) is 15.7. The standard InChI is InChI=1S/C17H20N4O2.C2H6/c1-5-10-18-11(3)19-17(22)12-8-7-9-13-15(12)21-16(20-13)14(6-2)23-4;1-2/h5-10H,1-4H3,(H,20,21)(H,18,19,22);1-2H3/b10-5-,14-6-;. The van der Waals surface area contributed by atoms with Crippen molar-refractivity contribution in [1.29, 1.82) is 0 Å². The molecule has 1 heterocycles. The van der Waals surface area contributed by atoms with Crippen LogP contribution in [-0.2, 0) is 4.74 Å². The molecule has 0 aliphatic carbocycles. The second-order valence-corrected chi connectivity index (χ2v) is 4.80. The summed E-state index contributed by atoms with van der Waals surface area (Å²) in [6, 6.07) is 5.40. The van der Waals surface area contributed by atoms with Crippen molar-refractivity contribution < 1.29 is 9.53 Å². The molecule has 0 saturated carbocycles. The van der Waals surface area contributed by atoms with Gasteiger partial charge in [0.25, 0.3) is 5.91 Å². The van der Waals surface area contributed by atoms with Crippen LogP contribution in [-0.4, -0.2) is 28.8 Å². The zero-order chi connectivity index (χ0) is 18.8. The Hall–Kier alpha value is -2.89. The van der Waals surface area contributed by atoms with E-state index in [1.165, 1.54) is 0 Å². The van der Waals surface area contributed by atoms with E-state index in [-0.39, 0.29) is 5.91 Å². The van der Waals surface area contributed by atoms with E-state index in [9.17, 15) is 4.79 Å². The number of hydrogen-bond acceptors (Lipinski definition) is 4. The minimum Gasteiger partial charge on any atom is -0.493 e. The molecule has 0 aliphatic rings. The van der Waals surface area contributed by atoms with Crippen LogP contribution in [0.3, 0.4) is 0 Å². The van der Waals surface area contributed by atoms with Gasteiger partial charge in [-0.25, -0.2) is 9.98 Å². The summed E-state index contributed by atoms with van der Waals surface area (Å²) >= 11 is 0. The van der Waals surface area contributed by atoms with Crippen molar-refractivity contribution in [3.8, 4) is 0 Å². The number of amidine groups is 1. The minimum absolute atomic E-state index is 0.251. The van der Waals surface area contributed by atoms with Gasteiger partial charge < -0.3 is 15.0 Å². The number of para-hydroxylation sites is 1. The van der Waals surface area contributed by atoms with E-state index in [2.05, 4.69) is 20.3 Å². The van der Waals surface area contributed by atoms with Crippen LogP contribution in [0.25, 0.3) is 16.8 Å². The highest BCUT2D eigenvalue weighted by atomic mass is 16.5. The summed E-state index contributed by atoms with van der Waals surface area (Å²) in [5.74, 6) is 1.48. The van der Waals surface area contributed by atoms with E-state index in [1.807, 2.05) is 39.8 Å². The number of H-pyrrole nitrogens is 1. The lowest BCUT2D eigenvalue weighted by molar-refractivity contribution is 0.0978. The first-order valence-corrected chi connectivity index (χ1v) is 8.27. The summed E-state index contributed by atoms with van der Waals surface area (Å²) in [5.41, 5.74) is 1.84. The number of hydrogen-bond donors (Lipinski definition) is 2. The fourth-order valence-corrected chi connectivity index (χ4v) is 2.13. The highest BCUT2D eigenvalue weighted by molar-refractivity contribution is 6.11. The number of amides is 1. The second-order valence-electron chi connectivity index (χ2n) is 4.80. The molecule has 25 heavy (non-hydrogen) atoms. The molecule has 2 N–H and O–H groups in total. The summed E-state index contributed by atoms with van der Waals surface area (Å²) in [4.78, 5) is 24.2. The molecular weight excluding hydrogens is 316 g/mol. The quantitative estimate of drug-likeness (QED) is 0.494. The van der Waals surface area contributed by atoms with Gasteiger partial charge in [0.1, 0.15) is 11.4 Å². The van der Waals surface area contributed by atoms with Gasteiger partial charge in [0.05, 0.1) is 18.2 Å². The molecule has 6 nitrogen and oxygen atoms in total. The lowest BCUT2D eigenvalue weighted by Crippen LogP contribution is -2.28. The summed E-state index contributed by atoms with van der Waals surface area (Å²) in [6.07, 6.45) is 5.23. The van der Waals surface area contributed by atoms with Gasteiger partial charge in [0.15, 0.2) is 11.6 Å². The molecule has 0 fully saturated rings. The van der Waals surface area contributed by atoms with Crippen LogP contribution in [0.5, 0.6) is 0 Å². The summed E-state index contributed by atoms with van der Waals surface area (Å²) in [5, 5.41) is 2.75. The first-order chi connectivity index (χ1) is 12.1. The van der Waals surface area contributed by atoms with Gasteiger partial charge in [0.2, 0.25) is 0 Å². The SMILES string of the molecule is C/C=C\N=C(C)NC(=O)c1cccc2[nH]c(/C(=C/C)OC)nc12.CC. The zero-order valence-corrected chi connectivity index (χ0v) is 15.7. The van der Waals surface area contributed by atoms with Gasteiger partial charge >= 0.3 is 0 Å². The predicted molar refractivity (Wildman–Crippen MR) is 103 cm³/mol. The number of nitrogens with one attached hydrogen (secondary N) is 2. The van der Waals surface area contributed by atoms with Crippen molar-refractivity contribution in [1.82, 2.24) is 15.3 Å². The molecule has 1 aromatic heterocycles. The predicted octanol–water partition coefficient (Wildman–Crippen LogP) is 4.28. The van der Waals surface area contributed by atoms with Crippen LogP contribution < -0.4 is 5.32 Å². The Bertz CT molecular complexity index is 801. The van der Waals surface area contributed by atoms with Crippen molar-refractivity contribution in [2.75, 3.05) is 7.11 Å². The number of aromatic nitrogens is 2. The number of aliphatic imine (C=N–C) groups is 1. The largest absolute Gasteiger partial charge is 0.493 e. The van der Waals surface area contributed by atoms with Gasteiger partial charge in [0, 0.05) is 6.20 Å². The van der Waals surface area contributed by atoms with E-state index in [0.29, 0.717) is 28.5 Å². The molecule has 0 bridgehead atoms. The van der Waals surface area contributed by atoms with Crippen molar-refractivity contribution in [3.63, 3.8) is 0 Å². The van der Waals surface area contributed by atoms with Crippen LogP contribution >= 0.6 is 0 Å². The normalized spacial score (nSPS) is 12.1. The number of carbonyl (C=O) groups is 1. The number of allylic oxidation sites excluding steroid dienone is 2. The highest BCUT2D eigenvalue weighted by Gasteiger charge is 2.15. The smallest absolute Gasteiger partial charge is 0.258 e. The fourth-order valence-electron chi connectivity index (χ4n) is 2.13. The van der Waals surface area contributed by atoms with E-state index >= 15 is 0 Å². The molecule has 6 heteroatoms. The van der Waals surface area contributed by atoms with E-state index in [0.717, 1.165) is 5.52 Å². The van der Waals surface area contributed by atoms with Gasteiger partial charge in [-0.3, -0.25) is 4.79 Å². The summed E-state index contributed by atoms with van der Waals surface area (Å²) in [6.45, 7) is 9.46. The lowest BCUT2D eigenvalue weighted by atomic mass is 10.1. The molecule has 1 amide bonds. The number of carbonyl (C=O) groups excluding carboxylic acids is 1. The molecule has 1 aromatic carbocycles. The van der Waals surface area contributed by atoms with Gasteiger partial charge in [-0.2, -0.15) is 0 Å². The van der Waals surface area contributed by atoms with Gasteiger partial charge in [-0.15, -0.1) is 0 Å². The Morgan fingerprint density at radius 1 is 1.32 bits per heavy atom. The molecule has 134 valence electrons. The number of rotatable bonds is 4. The van der Waals surface area contributed by atoms with Crippen LogP contribution in [0, 0.1) is 0 Å². The average Bonchev–Trinajstić information content (AvgIpc) is 3.06. The molecule has 0 spiro atoms. The molecule has 0 aliphatic heterocycles. The maximum absolute atomic E-state index is 12.4. The fraction of sp³-hybridized carbons (Fsp3) is 0.316. The third-order valence-corrected chi connectivity index (χ3v) is 3.18. The van der Waals surface area contributed by atoms with Gasteiger partial charge in [-0.05, 0) is 39.0 Å². The number of aromatic amines is 1. The Morgan fingerprint density at radius 2 is 2.04 bits per heavy atom. The number of ether oxygens (including phenoxy) is 1. The number of fused-ring (bicyclic) bond motifs is 1. The Kier molecular flexibility index (Phi) is 8.12. The lowest BCUT2D eigenvalue weighted by Gasteiger charge is -2.04. The van der Waals surface area contributed by atoms with Crippen molar-refractivity contribution >= 4 is 28.5 Å². The Labute approximate surface area is 148 Å². The number of nitrogens with zero attached hydrogens (tertiary/aromatic N) is 2. The number of methoxy groups -OCH3 is 1. The van der Waals surface area contributed by atoms with Crippen LogP contribution in [0.1, 0.15) is 50.8 Å². The summed E-state index contributed by atoms with van der Waals surface area (Å²) < 4.78 is 5.26. The Balaban J connectivity index is 0.00000151. The van der Waals surface area contributed by atoms with Crippen LogP contribution in [0.4, 0.5) is 0 Å². The maximum atomic E-state index is 12.4. The van der Waals surface area contributed by atoms with Crippen LogP contribution in [0.2, 0.25) is 0 Å². The van der Waals surface area contributed by atoms with Crippen LogP contribution in [0.15, 0.2) is 41.5 Å². The van der Waals surface area contributed by atoms with Crippen molar-refractivity contribution in [2.24, 2.45) is 4.99 Å². The minimum atomic E-state index is -0.251. The monoisotopic (exact) mass is 342 g/mol. The van der Waals surface area contributed by atoms with Crippen molar-refractivity contribution in [2.45, 2.75) is 34.6 Å². The van der Waals surface area contributed by atoms with E-state index < -0.39 is 0 Å². The molecule has 0 atom stereocenters. The third kappa shape index (κ3) is 5.04. The number of imidazole rings is 1. The van der Waals surface area contributed by atoms with E-state index in [1.54, 1.807) is 38.4 Å². The van der Waals surface area contributed by atoms with Gasteiger partial charge in [-0.1, -0.05) is 26.0 Å². The molecule has 2 rings (SSSR count). The second kappa shape index (κ2) is 10.1. The molecular formula is C19H26N4O2. The summed E-state index contributed by atoms with van der Waals surface area (Å²) in [7, 11) is 1.58. The maximum Gasteiger partial charge on any atom is 0.258 e. The number of benzene rings is 1. The van der Waals surface area contributed by atoms with Crippen molar-refractivity contribution in [3.05, 3.63) is 47.9 Å². The molecule has 0 radical (unpaired) electrons. The Morgan fingerprint density at radius 3 is 2.64 bits per heavy atom. The first-order valence-electron chi connectivity index (χ1n) is 8.27. The topological polar surface area (TPSA) is 79.4 Å². The first kappa shape index (κ1) is 20.2. The molecule has 2 aromatic rings. The molecule has 0 saturated heterocycles. The average molecular weight is 342 g/mol.